The van der Waals surface area contributed by atoms with Crippen molar-refractivity contribution in [3.63, 3.8) is 0 Å². The van der Waals surface area contributed by atoms with Crippen LogP contribution in [0, 0.1) is 0 Å². The largest absolute Gasteiger partial charge is 0.419 e. The average molecular weight is 525 g/mol. The molecule has 4 aromatic rings. The minimum atomic E-state index is -3.87. The first-order valence-electron chi connectivity index (χ1n) is 11.3. The smallest absolute Gasteiger partial charge is 0.264 e. The number of anilines is 1. The Morgan fingerprint density at radius 2 is 1.69 bits per heavy atom. The van der Waals surface area contributed by atoms with E-state index in [2.05, 4.69) is 10.2 Å². The second-order valence-corrected chi connectivity index (χ2v) is 10.4. The van der Waals surface area contributed by atoms with Gasteiger partial charge in [0.1, 0.15) is 0 Å². The van der Waals surface area contributed by atoms with Gasteiger partial charge in [0.05, 0.1) is 27.7 Å². The highest BCUT2D eigenvalue weighted by Gasteiger charge is 2.24. The van der Waals surface area contributed by atoms with Crippen molar-refractivity contribution in [2.24, 2.45) is 0 Å². The molecule has 0 N–H and O–H groups in total. The summed E-state index contributed by atoms with van der Waals surface area (Å²) in [6, 6.07) is 21.9. The lowest BCUT2D eigenvalue weighted by atomic mass is 10.2. The van der Waals surface area contributed by atoms with Gasteiger partial charge in [-0.25, -0.2) is 8.42 Å². The summed E-state index contributed by atoms with van der Waals surface area (Å²) in [5, 5.41) is 8.62. The SMILES string of the molecule is CCCN(Cc1nnc(-c2ccccc2Cl)o1)C(=O)c1cccc(S(=O)(=O)N(C)c2ccccc2)c1. The minimum absolute atomic E-state index is 0.0231. The number of amides is 1. The van der Waals surface area contributed by atoms with E-state index in [0.29, 0.717) is 29.2 Å². The standard InChI is InChI=1S/C26H25ClN4O4S/c1-3-16-31(18-24-28-29-25(35-24)22-14-7-8-15-23(22)27)26(32)19-10-9-13-21(17-19)36(33,34)30(2)20-11-5-4-6-12-20/h4-15,17H,3,16,18H2,1-2H3. The zero-order chi connectivity index (χ0) is 25.7. The third-order valence-corrected chi connectivity index (χ3v) is 7.65. The molecular weight excluding hydrogens is 500 g/mol. The molecule has 8 nitrogen and oxygen atoms in total. The lowest BCUT2D eigenvalue weighted by Crippen LogP contribution is -2.32. The van der Waals surface area contributed by atoms with Crippen LogP contribution in [0.2, 0.25) is 5.02 Å². The fraction of sp³-hybridized carbons (Fsp3) is 0.192. The number of hydrogen-bond donors (Lipinski definition) is 0. The molecule has 3 aromatic carbocycles. The zero-order valence-electron chi connectivity index (χ0n) is 19.8. The highest BCUT2D eigenvalue weighted by Crippen LogP contribution is 2.27. The second kappa shape index (κ2) is 10.9. The Balaban J connectivity index is 1.57. The third kappa shape index (κ3) is 5.42. The minimum Gasteiger partial charge on any atom is -0.419 e. The molecule has 0 aliphatic rings. The van der Waals surface area contributed by atoms with Gasteiger partial charge in [-0.1, -0.05) is 54.9 Å². The van der Waals surface area contributed by atoms with Gasteiger partial charge in [0.25, 0.3) is 15.9 Å². The quantitative estimate of drug-likeness (QED) is 0.296. The maximum Gasteiger partial charge on any atom is 0.264 e. The van der Waals surface area contributed by atoms with E-state index in [-0.39, 0.29) is 34.7 Å². The Morgan fingerprint density at radius 1 is 0.972 bits per heavy atom. The lowest BCUT2D eigenvalue weighted by Gasteiger charge is -2.22. The van der Waals surface area contributed by atoms with E-state index in [1.165, 1.54) is 23.5 Å². The number of para-hydroxylation sites is 1. The predicted molar refractivity (Wildman–Crippen MR) is 138 cm³/mol. The second-order valence-electron chi connectivity index (χ2n) is 8.04. The molecule has 0 spiro atoms. The van der Waals surface area contributed by atoms with E-state index in [1.807, 2.05) is 19.1 Å². The number of sulfonamides is 1. The summed E-state index contributed by atoms with van der Waals surface area (Å²) in [4.78, 5) is 15.0. The summed E-state index contributed by atoms with van der Waals surface area (Å²) >= 11 is 6.22. The van der Waals surface area contributed by atoms with Gasteiger partial charge in [-0.05, 0) is 48.9 Å². The van der Waals surface area contributed by atoms with E-state index >= 15 is 0 Å². The van der Waals surface area contributed by atoms with Crippen molar-refractivity contribution in [2.75, 3.05) is 17.9 Å². The van der Waals surface area contributed by atoms with Crippen LogP contribution in [-0.4, -0.2) is 43.0 Å². The fourth-order valence-corrected chi connectivity index (χ4v) is 5.11. The first kappa shape index (κ1) is 25.4. The van der Waals surface area contributed by atoms with Crippen LogP contribution in [0.4, 0.5) is 5.69 Å². The van der Waals surface area contributed by atoms with Gasteiger partial charge in [0.2, 0.25) is 11.8 Å². The maximum atomic E-state index is 13.4. The molecule has 0 unspecified atom stereocenters. The molecule has 0 saturated heterocycles. The highest BCUT2D eigenvalue weighted by atomic mass is 35.5. The van der Waals surface area contributed by atoms with Crippen molar-refractivity contribution in [2.45, 2.75) is 24.8 Å². The molecule has 0 bridgehead atoms. The topological polar surface area (TPSA) is 96.6 Å². The highest BCUT2D eigenvalue weighted by molar-refractivity contribution is 7.92. The van der Waals surface area contributed by atoms with Gasteiger partial charge in [0, 0.05) is 19.2 Å². The lowest BCUT2D eigenvalue weighted by molar-refractivity contribution is 0.0728. The van der Waals surface area contributed by atoms with Crippen LogP contribution in [0.15, 0.2) is 88.2 Å². The van der Waals surface area contributed by atoms with Crippen LogP contribution in [0.5, 0.6) is 0 Å². The van der Waals surface area contributed by atoms with Crippen LogP contribution in [0.1, 0.15) is 29.6 Å². The Kier molecular flexibility index (Phi) is 7.71. The zero-order valence-corrected chi connectivity index (χ0v) is 21.4. The first-order valence-corrected chi connectivity index (χ1v) is 13.1. The van der Waals surface area contributed by atoms with Crippen molar-refractivity contribution in [1.82, 2.24) is 15.1 Å². The number of carbonyl (C=O) groups is 1. The molecule has 36 heavy (non-hydrogen) atoms. The van der Waals surface area contributed by atoms with Gasteiger partial charge in [0.15, 0.2) is 0 Å². The van der Waals surface area contributed by atoms with Gasteiger partial charge in [-0.2, -0.15) is 0 Å². The average Bonchev–Trinajstić information content (AvgIpc) is 3.36. The molecule has 0 atom stereocenters. The molecule has 1 aromatic heterocycles. The Bertz CT molecular complexity index is 1460. The number of aromatic nitrogens is 2. The van der Waals surface area contributed by atoms with Gasteiger partial charge >= 0.3 is 0 Å². The number of hydrogen-bond acceptors (Lipinski definition) is 6. The van der Waals surface area contributed by atoms with E-state index in [1.54, 1.807) is 59.5 Å². The predicted octanol–water partition coefficient (Wildman–Crippen LogP) is 5.27. The Labute approximate surface area is 215 Å². The summed E-state index contributed by atoms with van der Waals surface area (Å²) in [6.07, 6.45) is 0.686. The molecule has 10 heteroatoms. The summed E-state index contributed by atoms with van der Waals surface area (Å²) in [5.74, 6) is 0.171. The van der Waals surface area contributed by atoms with Crippen LogP contribution in [0.25, 0.3) is 11.5 Å². The van der Waals surface area contributed by atoms with Crippen LogP contribution in [-0.2, 0) is 16.6 Å². The summed E-state index contributed by atoms with van der Waals surface area (Å²) < 4.78 is 33.4. The monoisotopic (exact) mass is 524 g/mol. The van der Waals surface area contributed by atoms with E-state index in [9.17, 15) is 13.2 Å². The molecule has 4 rings (SSSR count). The molecule has 0 aliphatic heterocycles. The first-order chi connectivity index (χ1) is 17.3. The Hall–Kier alpha value is -3.69. The molecule has 186 valence electrons. The molecule has 0 aliphatic carbocycles. The van der Waals surface area contributed by atoms with Crippen molar-refractivity contribution >= 4 is 33.2 Å². The molecule has 1 amide bonds. The van der Waals surface area contributed by atoms with Gasteiger partial charge < -0.3 is 9.32 Å². The number of nitrogens with zero attached hydrogens (tertiary/aromatic N) is 4. The number of benzene rings is 3. The summed E-state index contributed by atoms with van der Waals surface area (Å²) in [7, 11) is -2.39. The number of carbonyl (C=O) groups excluding carboxylic acids is 1. The van der Waals surface area contributed by atoms with E-state index in [4.69, 9.17) is 16.0 Å². The van der Waals surface area contributed by atoms with Crippen molar-refractivity contribution in [1.29, 1.82) is 0 Å². The van der Waals surface area contributed by atoms with E-state index in [0.717, 1.165) is 0 Å². The molecular formula is C26H25ClN4O4S. The number of halogens is 1. The van der Waals surface area contributed by atoms with Gasteiger partial charge in [-0.15, -0.1) is 10.2 Å². The van der Waals surface area contributed by atoms with Crippen LogP contribution < -0.4 is 4.31 Å². The van der Waals surface area contributed by atoms with Crippen molar-refractivity contribution in [3.8, 4) is 11.5 Å². The normalized spacial score (nSPS) is 11.3. The molecule has 0 radical (unpaired) electrons. The fourth-order valence-electron chi connectivity index (χ4n) is 3.65. The Morgan fingerprint density at radius 3 is 2.42 bits per heavy atom. The third-order valence-electron chi connectivity index (χ3n) is 5.54. The van der Waals surface area contributed by atoms with E-state index < -0.39 is 10.0 Å². The number of rotatable bonds is 9. The van der Waals surface area contributed by atoms with Crippen molar-refractivity contribution in [3.05, 3.63) is 95.3 Å². The van der Waals surface area contributed by atoms with Crippen LogP contribution in [0.3, 0.4) is 0 Å². The maximum absolute atomic E-state index is 13.4. The van der Waals surface area contributed by atoms with Gasteiger partial charge in [-0.3, -0.25) is 9.10 Å². The molecule has 0 fully saturated rings. The van der Waals surface area contributed by atoms with Crippen LogP contribution >= 0.6 is 11.6 Å². The molecule has 0 saturated carbocycles. The van der Waals surface area contributed by atoms with Crippen molar-refractivity contribution < 1.29 is 17.6 Å². The summed E-state index contributed by atoms with van der Waals surface area (Å²) in [6.45, 7) is 2.44. The molecule has 1 heterocycles. The summed E-state index contributed by atoms with van der Waals surface area (Å²) in [5.41, 5.74) is 1.37.